The molecule has 4 aromatic rings. The van der Waals surface area contributed by atoms with Crippen molar-refractivity contribution in [3.63, 3.8) is 0 Å². The molecule has 3 nitrogen and oxygen atoms in total. The highest BCUT2D eigenvalue weighted by molar-refractivity contribution is 6.31. The molecule has 0 aliphatic carbocycles. The van der Waals surface area contributed by atoms with Crippen LogP contribution in [0.3, 0.4) is 0 Å². The molecule has 0 atom stereocenters. The molecule has 0 radical (unpaired) electrons. The summed E-state index contributed by atoms with van der Waals surface area (Å²) in [5, 5.41) is 2.77. The topological polar surface area (TPSA) is 36.7 Å². The number of nitrogens with zero attached hydrogens (tertiary/aromatic N) is 1. The van der Waals surface area contributed by atoms with E-state index in [9.17, 15) is 4.79 Å². The van der Waals surface area contributed by atoms with Crippen LogP contribution in [0.5, 0.6) is 0 Å². The van der Waals surface area contributed by atoms with Crippen LogP contribution >= 0.6 is 11.6 Å². The fraction of sp³-hybridized carbons (Fsp3) is 0. The lowest BCUT2D eigenvalue weighted by atomic mass is 10.1. The minimum Gasteiger partial charge on any atom is -0.349 e. The summed E-state index contributed by atoms with van der Waals surface area (Å²) in [4.78, 5) is 16.2. The largest absolute Gasteiger partial charge is 0.349 e. The summed E-state index contributed by atoms with van der Waals surface area (Å²) in [7, 11) is 0. The number of hydrogen-bond acceptors (Lipinski definition) is 1. The van der Waals surface area contributed by atoms with Crippen molar-refractivity contribution < 1.29 is 9.36 Å². The Morgan fingerprint density at radius 3 is 2.77 bits per heavy atom. The first kappa shape index (κ1) is 12.0. The third-order valence-corrected chi connectivity index (χ3v) is 4.53. The zero-order valence-electron chi connectivity index (χ0n) is 11.4. The highest BCUT2D eigenvalue weighted by Gasteiger charge is 2.38. The van der Waals surface area contributed by atoms with E-state index in [0.717, 1.165) is 27.5 Å². The molecule has 0 saturated carbocycles. The summed E-state index contributed by atoms with van der Waals surface area (Å²) >= 11 is 6.04. The molecular formula is C18H10ClN2O+. The number of rotatable bonds is 0. The minimum atomic E-state index is 0.00894. The number of aromatic amines is 1. The zero-order chi connectivity index (χ0) is 14.8. The Morgan fingerprint density at radius 1 is 1.00 bits per heavy atom. The Labute approximate surface area is 130 Å². The van der Waals surface area contributed by atoms with Gasteiger partial charge in [-0.2, -0.15) is 4.57 Å². The summed E-state index contributed by atoms with van der Waals surface area (Å²) in [6.45, 7) is 0. The minimum absolute atomic E-state index is 0.00894. The molecule has 22 heavy (non-hydrogen) atoms. The maximum Gasteiger partial charge on any atom is 0.284 e. The lowest BCUT2D eigenvalue weighted by molar-refractivity contribution is -0.592. The van der Waals surface area contributed by atoms with Gasteiger partial charge in [0.25, 0.3) is 11.5 Å². The molecule has 0 bridgehead atoms. The van der Waals surface area contributed by atoms with Gasteiger partial charge in [0.15, 0.2) is 6.20 Å². The van der Waals surface area contributed by atoms with Crippen LogP contribution in [0.15, 0.2) is 54.7 Å². The second kappa shape index (κ2) is 3.96. The highest BCUT2D eigenvalue weighted by atomic mass is 35.5. The lowest BCUT2D eigenvalue weighted by Crippen LogP contribution is -2.31. The summed E-state index contributed by atoms with van der Waals surface area (Å²) in [6, 6.07) is 15.6. The molecule has 0 fully saturated rings. The van der Waals surface area contributed by atoms with Gasteiger partial charge in [0.2, 0.25) is 5.69 Å². The third kappa shape index (κ3) is 1.36. The number of nitrogens with one attached hydrogen (secondary N) is 1. The van der Waals surface area contributed by atoms with E-state index in [0.29, 0.717) is 16.3 Å². The number of fused-ring (bicyclic) bond motifs is 7. The molecule has 0 saturated heterocycles. The van der Waals surface area contributed by atoms with Crippen molar-refractivity contribution in [2.45, 2.75) is 0 Å². The second-order valence-corrected chi connectivity index (χ2v) is 5.92. The summed E-state index contributed by atoms with van der Waals surface area (Å²) < 4.78 is 1.94. The van der Waals surface area contributed by atoms with Crippen molar-refractivity contribution in [1.82, 2.24) is 4.98 Å². The molecule has 1 N–H and O–H groups in total. The number of aromatic nitrogens is 2. The number of pyridine rings is 1. The van der Waals surface area contributed by atoms with Gasteiger partial charge in [-0.1, -0.05) is 29.8 Å². The maximum absolute atomic E-state index is 12.8. The number of H-pyrrole nitrogens is 1. The van der Waals surface area contributed by atoms with E-state index in [1.54, 1.807) is 6.07 Å². The number of benzene rings is 2. The Balaban J connectivity index is 1.94. The van der Waals surface area contributed by atoms with Crippen molar-refractivity contribution in [1.29, 1.82) is 0 Å². The SMILES string of the molecule is O=C1c2cc(Cl)ccc2-[n+]2ccc3c([nH]c4ccccc43)c21. The molecule has 1 aliphatic heterocycles. The van der Waals surface area contributed by atoms with Crippen molar-refractivity contribution in [2.75, 3.05) is 0 Å². The van der Waals surface area contributed by atoms with Crippen molar-refractivity contribution in [3.8, 4) is 5.69 Å². The van der Waals surface area contributed by atoms with E-state index >= 15 is 0 Å². The van der Waals surface area contributed by atoms with E-state index in [-0.39, 0.29) is 5.78 Å². The lowest BCUT2D eigenvalue weighted by Gasteiger charge is -1.94. The quantitative estimate of drug-likeness (QED) is 0.434. The smallest absolute Gasteiger partial charge is 0.284 e. The first-order chi connectivity index (χ1) is 10.7. The van der Waals surface area contributed by atoms with E-state index < -0.39 is 0 Å². The molecule has 3 heterocycles. The van der Waals surface area contributed by atoms with Crippen LogP contribution in [0, 0.1) is 0 Å². The van der Waals surface area contributed by atoms with Crippen LogP contribution in [0.4, 0.5) is 0 Å². The van der Waals surface area contributed by atoms with Crippen molar-refractivity contribution in [3.05, 3.63) is 71.0 Å². The predicted octanol–water partition coefficient (Wildman–Crippen LogP) is 3.80. The van der Waals surface area contributed by atoms with Crippen LogP contribution in [0.1, 0.15) is 16.1 Å². The average Bonchev–Trinajstić information content (AvgIpc) is 3.04. The van der Waals surface area contributed by atoms with Crippen LogP contribution in [-0.2, 0) is 0 Å². The molecule has 2 aromatic carbocycles. The van der Waals surface area contributed by atoms with Gasteiger partial charge in [0, 0.05) is 33.4 Å². The molecule has 0 unspecified atom stereocenters. The van der Waals surface area contributed by atoms with Gasteiger partial charge in [-0.05, 0) is 18.2 Å². The zero-order valence-corrected chi connectivity index (χ0v) is 12.2. The van der Waals surface area contributed by atoms with Crippen molar-refractivity contribution in [2.24, 2.45) is 0 Å². The van der Waals surface area contributed by atoms with E-state index in [1.165, 1.54) is 0 Å². The fourth-order valence-electron chi connectivity index (χ4n) is 3.32. The first-order valence-electron chi connectivity index (χ1n) is 7.04. The molecule has 0 amide bonds. The first-order valence-corrected chi connectivity index (χ1v) is 7.41. The van der Waals surface area contributed by atoms with E-state index in [2.05, 4.69) is 17.1 Å². The van der Waals surface area contributed by atoms with Gasteiger partial charge >= 0.3 is 0 Å². The number of carbonyl (C=O) groups excluding carboxylic acids is 1. The second-order valence-electron chi connectivity index (χ2n) is 5.48. The van der Waals surface area contributed by atoms with E-state index in [4.69, 9.17) is 11.6 Å². The summed E-state index contributed by atoms with van der Waals surface area (Å²) in [5.74, 6) is 0.00894. The Bertz CT molecular complexity index is 1110. The maximum atomic E-state index is 12.8. The van der Waals surface area contributed by atoms with Gasteiger partial charge < -0.3 is 4.98 Å². The molecule has 2 aromatic heterocycles. The number of carbonyl (C=O) groups is 1. The predicted molar refractivity (Wildman–Crippen MR) is 85.8 cm³/mol. The Kier molecular flexibility index (Phi) is 2.15. The molecule has 104 valence electrons. The molecule has 5 rings (SSSR count). The van der Waals surface area contributed by atoms with Gasteiger partial charge in [-0.3, -0.25) is 4.79 Å². The number of halogens is 1. The van der Waals surface area contributed by atoms with Crippen LogP contribution in [-0.4, -0.2) is 10.8 Å². The third-order valence-electron chi connectivity index (χ3n) is 4.29. The standard InChI is InChI=1S/C18H9ClN2O/c19-10-5-6-15-13(9-10)18(22)17-16-12(7-8-21(15)17)11-3-1-2-4-14(11)20-16/h1-9H/p+1. The Morgan fingerprint density at radius 2 is 1.86 bits per heavy atom. The van der Waals surface area contributed by atoms with Crippen LogP contribution in [0.25, 0.3) is 27.5 Å². The monoisotopic (exact) mass is 305 g/mol. The van der Waals surface area contributed by atoms with Crippen LogP contribution in [0.2, 0.25) is 5.02 Å². The van der Waals surface area contributed by atoms with Gasteiger partial charge in [-0.25, -0.2) is 0 Å². The molecule has 1 aliphatic rings. The van der Waals surface area contributed by atoms with Gasteiger partial charge in [0.05, 0.1) is 0 Å². The Hall–Kier alpha value is -2.65. The summed E-state index contributed by atoms with van der Waals surface area (Å²) in [6.07, 6.45) is 1.95. The fourth-order valence-corrected chi connectivity index (χ4v) is 3.49. The van der Waals surface area contributed by atoms with Crippen molar-refractivity contribution >= 4 is 39.2 Å². The average molecular weight is 306 g/mol. The number of para-hydroxylation sites is 1. The number of hydrogen-bond donors (Lipinski definition) is 1. The normalized spacial score (nSPS) is 12.9. The molecule has 0 spiro atoms. The highest BCUT2D eigenvalue weighted by Crippen LogP contribution is 2.31. The van der Waals surface area contributed by atoms with Gasteiger partial charge in [-0.15, -0.1) is 0 Å². The summed E-state index contributed by atoms with van der Waals surface area (Å²) in [5.41, 5.74) is 4.11. The molecular weight excluding hydrogens is 296 g/mol. The van der Waals surface area contributed by atoms with Crippen LogP contribution < -0.4 is 4.57 Å². The molecule has 4 heteroatoms. The van der Waals surface area contributed by atoms with E-state index in [1.807, 2.05) is 41.1 Å². The number of ketones is 1. The van der Waals surface area contributed by atoms with Gasteiger partial charge in [0.1, 0.15) is 11.1 Å².